The van der Waals surface area contributed by atoms with Crippen molar-refractivity contribution in [3.63, 3.8) is 0 Å². The second-order valence-electron chi connectivity index (χ2n) is 5.05. The van der Waals surface area contributed by atoms with E-state index in [9.17, 15) is 0 Å². The molecule has 1 unspecified atom stereocenters. The van der Waals surface area contributed by atoms with E-state index in [0.29, 0.717) is 6.04 Å². The summed E-state index contributed by atoms with van der Waals surface area (Å²) in [5.74, 6) is 0. The third-order valence-electron chi connectivity index (χ3n) is 3.52. The Morgan fingerprint density at radius 1 is 1.00 bits per heavy atom. The van der Waals surface area contributed by atoms with Crippen molar-refractivity contribution in [2.75, 3.05) is 6.54 Å². The molecule has 0 saturated heterocycles. The van der Waals surface area contributed by atoms with Crippen molar-refractivity contribution in [1.82, 2.24) is 5.32 Å². The molecule has 106 valence electrons. The van der Waals surface area contributed by atoms with E-state index in [4.69, 9.17) is 0 Å². The molecule has 0 fully saturated rings. The highest BCUT2D eigenvalue weighted by Crippen LogP contribution is 2.25. The van der Waals surface area contributed by atoms with E-state index in [0.717, 1.165) is 17.4 Å². The largest absolute Gasteiger partial charge is 0.310 e. The molecule has 2 aromatic rings. The van der Waals surface area contributed by atoms with Gasteiger partial charge in [-0.25, -0.2) is 0 Å². The van der Waals surface area contributed by atoms with Crippen molar-refractivity contribution in [1.29, 1.82) is 0 Å². The van der Waals surface area contributed by atoms with Crippen LogP contribution in [0.5, 0.6) is 0 Å². The van der Waals surface area contributed by atoms with E-state index >= 15 is 0 Å². The molecule has 1 nitrogen and oxygen atoms in total. The summed E-state index contributed by atoms with van der Waals surface area (Å²) in [6.45, 7) is 5.51. The number of nitrogens with one attached hydrogen (secondary N) is 1. The van der Waals surface area contributed by atoms with Crippen LogP contribution in [0.3, 0.4) is 0 Å². The van der Waals surface area contributed by atoms with E-state index < -0.39 is 0 Å². The third kappa shape index (κ3) is 3.94. The van der Waals surface area contributed by atoms with Crippen LogP contribution in [0.1, 0.15) is 38.3 Å². The molecular weight excluding hydrogens is 310 g/mol. The molecule has 0 aromatic heterocycles. The molecule has 2 heteroatoms. The van der Waals surface area contributed by atoms with Crippen LogP contribution < -0.4 is 5.32 Å². The standard InChI is InChI=1S/C18H22BrN/c1-3-12-20-18(4-2)16-7-5-6-15(13-16)14-8-10-17(19)11-9-14/h5-11,13,18,20H,3-4,12H2,1-2H3. The fourth-order valence-electron chi connectivity index (χ4n) is 2.39. The van der Waals surface area contributed by atoms with Gasteiger partial charge in [-0.1, -0.05) is 60.1 Å². The average molecular weight is 332 g/mol. The van der Waals surface area contributed by atoms with Gasteiger partial charge < -0.3 is 5.32 Å². The Morgan fingerprint density at radius 3 is 2.40 bits per heavy atom. The molecule has 0 bridgehead atoms. The summed E-state index contributed by atoms with van der Waals surface area (Å²) in [6, 6.07) is 17.8. The van der Waals surface area contributed by atoms with Crippen molar-refractivity contribution in [2.24, 2.45) is 0 Å². The second-order valence-corrected chi connectivity index (χ2v) is 5.96. The lowest BCUT2D eigenvalue weighted by Crippen LogP contribution is -2.21. The average Bonchev–Trinajstić information content (AvgIpc) is 2.49. The van der Waals surface area contributed by atoms with E-state index in [2.05, 4.69) is 83.6 Å². The molecule has 1 atom stereocenters. The van der Waals surface area contributed by atoms with Gasteiger partial charge in [0.25, 0.3) is 0 Å². The van der Waals surface area contributed by atoms with Crippen molar-refractivity contribution in [2.45, 2.75) is 32.7 Å². The Hall–Kier alpha value is -1.12. The number of halogens is 1. The Bertz CT molecular complexity index is 533. The van der Waals surface area contributed by atoms with E-state index in [-0.39, 0.29) is 0 Å². The molecule has 0 aliphatic heterocycles. The first kappa shape index (κ1) is 15.3. The molecule has 1 N–H and O–H groups in total. The zero-order valence-corrected chi connectivity index (χ0v) is 13.8. The monoisotopic (exact) mass is 331 g/mol. The van der Waals surface area contributed by atoms with Crippen molar-refractivity contribution in [3.8, 4) is 11.1 Å². The van der Waals surface area contributed by atoms with Crippen LogP contribution in [-0.4, -0.2) is 6.54 Å². The van der Waals surface area contributed by atoms with Crippen LogP contribution >= 0.6 is 15.9 Å². The van der Waals surface area contributed by atoms with Crippen LogP contribution in [-0.2, 0) is 0 Å². The summed E-state index contributed by atoms with van der Waals surface area (Å²) in [4.78, 5) is 0. The molecule has 0 amide bonds. The lowest BCUT2D eigenvalue weighted by molar-refractivity contribution is 0.518. The molecule has 0 heterocycles. The first-order valence-electron chi connectivity index (χ1n) is 7.34. The zero-order chi connectivity index (χ0) is 14.4. The maximum Gasteiger partial charge on any atom is 0.0317 e. The Morgan fingerprint density at radius 2 is 1.75 bits per heavy atom. The van der Waals surface area contributed by atoms with Gasteiger partial charge in [-0.05, 0) is 54.3 Å². The highest BCUT2D eigenvalue weighted by molar-refractivity contribution is 9.10. The molecule has 0 aliphatic carbocycles. The maximum atomic E-state index is 3.62. The summed E-state index contributed by atoms with van der Waals surface area (Å²) < 4.78 is 1.12. The van der Waals surface area contributed by atoms with Gasteiger partial charge >= 0.3 is 0 Å². The Balaban J connectivity index is 2.24. The van der Waals surface area contributed by atoms with Gasteiger partial charge in [-0.15, -0.1) is 0 Å². The summed E-state index contributed by atoms with van der Waals surface area (Å²) in [5.41, 5.74) is 3.92. The maximum absolute atomic E-state index is 3.62. The fraction of sp³-hybridized carbons (Fsp3) is 0.333. The van der Waals surface area contributed by atoms with Crippen molar-refractivity contribution < 1.29 is 0 Å². The molecule has 2 aromatic carbocycles. The lowest BCUT2D eigenvalue weighted by Gasteiger charge is -2.18. The highest BCUT2D eigenvalue weighted by Gasteiger charge is 2.09. The van der Waals surface area contributed by atoms with Crippen molar-refractivity contribution >= 4 is 15.9 Å². The summed E-state index contributed by atoms with van der Waals surface area (Å²) in [5, 5.41) is 3.62. The topological polar surface area (TPSA) is 12.0 Å². The van der Waals surface area contributed by atoms with E-state index in [1.807, 2.05) is 0 Å². The van der Waals surface area contributed by atoms with Gasteiger partial charge in [0.2, 0.25) is 0 Å². The predicted molar refractivity (Wildman–Crippen MR) is 90.9 cm³/mol. The molecular formula is C18H22BrN. The molecule has 0 saturated carbocycles. The summed E-state index contributed by atoms with van der Waals surface area (Å²) >= 11 is 3.49. The second kappa shape index (κ2) is 7.61. The molecule has 0 spiro atoms. The first-order chi connectivity index (χ1) is 9.74. The minimum absolute atomic E-state index is 0.449. The summed E-state index contributed by atoms with van der Waals surface area (Å²) in [6.07, 6.45) is 2.28. The smallest absolute Gasteiger partial charge is 0.0317 e. The minimum atomic E-state index is 0.449. The van der Waals surface area contributed by atoms with Gasteiger partial charge in [0, 0.05) is 10.5 Å². The zero-order valence-electron chi connectivity index (χ0n) is 12.2. The number of benzene rings is 2. The third-order valence-corrected chi connectivity index (χ3v) is 4.04. The van der Waals surface area contributed by atoms with Gasteiger partial charge in [-0.2, -0.15) is 0 Å². The predicted octanol–water partition coefficient (Wildman–Crippen LogP) is 5.57. The van der Waals surface area contributed by atoms with Crippen LogP contribution in [0.15, 0.2) is 53.0 Å². The lowest BCUT2D eigenvalue weighted by atomic mass is 9.98. The van der Waals surface area contributed by atoms with Gasteiger partial charge in [-0.3, -0.25) is 0 Å². The van der Waals surface area contributed by atoms with E-state index in [1.54, 1.807) is 0 Å². The fourth-order valence-corrected chi connectivity index (χ4v) is 2.66. The highest BCUT2D eigenvalue weighted by atomic mass is 79.9. The van der Waals surface area contributed by atoms with Gasteiger partial charge in [0.05, 0.1) is 0 Å². The number of hydrogen-bond donors (Lipinski definition) is 1. The Kier molecular flexibility index (Phi) is 5.81. The first-order valence-corrected chi connectivity index (χ1v) is 8.13. The Labute approximate surface area is 130 Å². The normalized spacial score (nSPS) is 12.3. The number of hydrogen-bond acceptors (Lipinski definition) is 1. The van der Waals surface area contributed by atoms with Crippen LogP contribution in [0.25, 0.3) is 11.1 Å². The molecule has 20 heavy (non-hydrogen) atoms. The van der Waals surface area contributed by atoms with E-state index in [1.165, 1.54) is 23.1 Å². The SMILES string of the molecule is CCCNC(CC)c1cccc(-c2ccc(Br)cc2)c1. The quantitative estimate of drug-likeness (QED) is 0.729. The molecule has 2 rings (SSSR count). The van der Waals surface area contributed by atoms with Gasteiger partial charge in [0.15, 0.2) is 0 Å². The van der Waals surface area contributed by atoms with Crippen molar-refractivity contribution in [3.05, 3.63) is 58.6 Å². The molecule has 0 aliphatic rings. The van der Waals surface area contributed by atoms with Crippen LogP contribution in [0.4, 0.5) is 0 Å². The van der Waals surface area contributed by atoms with Crippen LogP contribution in [0, 0.1) is 0 Å². The molecule has 0 radical (unpaired) electrons. The van der Waals surface area contributed by atoms with Crippen LogP contribution in [0.2, 0.25) is 0 Å². The van der Waals surface area contributed by atoms with Gasteiger partial charge in [0.1, 0.15) is 0 Å². The number of rotatable bonds is 6. The minimum Gasteiger partial charge on any atom is -0.310 e. The summed E-state index contributed by atoms with van der Waals surface area (Å²) in [7, 11) is 0.